The summed E-state index contributed by atoms with van der Waals surface area (Å²) in [4.78, 5) is 59.5. The maximum Gasteiger partial charge on any atom is 0.287 e. The molecule has 1 aromatic rings. The number of aromatic nitrogens is 1. The summed E-state index contributed by atoms with van der Waals surface area (Å²) in [7, 11) is 0. The van der Waals surface area contributed by atoms with Gasteiger partial charge < -0.3 is 21.3 Å². The zero-order chi connectivity index (χ0) is 29.7. The van der Waals surface area contributed by atoms with Crippen molar-refractivity contribution in [3.63, 3.8) is 0 Å². The van der Waals surface area contributed by atoms with E-state index < -0.39 is 29.8 Å². The molecule has 4 aliphatic rings. The van der Waals surface area contributed by atoms with Crippen molar-refractivity contribution < 1.29 is 19.2 Å². The van der Waals surface area contributed by atoms with Gasteiger partial charge in [-0.25, -0.2) is 4.98 Å². The van der Waals surface area contributed by atoms with E-state index in [4.69, 9.17) is 10.7 Å². The highest BCUT2D eigenvalue weighted by molar-refractivity contribution is 7.13. The number of likely N-dealkylation sites (tertiary alicyclic amines) is 1. The van der Waals surface area contributed by atoms with Crippen LogP contribution in [0.5, 0.6) is 0 Å². The largest absolute Gasteiger partial charge is 0.363 e. The Kier molecular flexibility index (Phi) is 8.27. The van der Waals surface area contributed by atoms with Gasteiger partial charge >= 0.3 is 0 Å². The molecule has 5 atom stereocenters. The maximum atomic E-state index is 14.4. The number of thiazole rings is 1. The molecule has 226 valence electrons. The minimum absolute atomic E-state index is 0.0128. The lowest BCUT2D eigenvalue weighted by atomic mass is 9.80. The van der Waals surface area contributed by atoms with E-state index in [9.17, 15) is 19.2 Å². The number of amides is 3. The minimum atomic E-state index is -1.03. The number of anilines is 1. The summed E-state index contributed by atoms with van der Waals surface area (Å²) in [5.41, 5.74) is 6.18. The molecule has 0 spiro atoms. The van der Waals surface area contributed by atoms with Crippen LogP contribution in [-0.2, 0) is 24.6 Å². The van der Waals surface area contributed by atoms with E-state index in [2.05, 4.69) is 45.3 Å². The molecule has 3 amide bonds. The Labute approximate surface area is 247 Å². The molecule has 3 saturated carbocycles. The van der Waals surface area contributed by atoms with Gasteiger partial charge in [-0.05, 0) is 48.3 Å². The average Bonchev–Trinajstić information content (AvgIpc) is 3.30. The van der Waals surface area contributed by atoms with Crippen LogP contribution in [0.2, 0.25) is 0 Å². The third-order valence-electron chi connectivity index (χ3n) is 10.4. The summed E-state index contributed by atoms with van der Waals surface area (Å²) in [5, 5.41) is 9.19. The fourth-order valence-electron chi connectivity index (χ4n) is 7.38. The van der Waals surface area contributed by atoms with E-state index in [-0.39, 0.29) is 40.4 Å². The first-order chi connectivity index (χ1) is 19.3. The van der Waals surface area contributed by atoms with E-state index >= 15 is 0 Å². The molecule has 1 aliphatic heterocycles. The number of carbonyl (C=O) groups excluding carboxylic acids is 4. The zero-order valence-electron chi connectivity index (χ0n) is 25.2. The number of fused-ring (bicyclic) bond motifs is 1. The van der Waals surface area contributed by atoms with E-state index in [1.807, 2.05) is 5.38 Å². The van der Waals surface area contributed by atoms with Crippen LogP contribution in [0.15, 0.2) is 5.38 Å². The Hall–Kier alpha value is -2.49. The van der Waals surface area contributed by atoms with Crippen molar-refractivity contribution >= 4 is 40.0 Å². The molecule has 4 fully saturated rings. The van der Waals surface area contributed by atoms with E-state index in [0.29, 0.717) is 18.9 Å². The number of piperidine rings is 1. The molecule has 2 unspecified atom stereocenters. The van der Waals surface area contributed by atoms with Gasteiger partial charge in [0.1, 0.15) is 12.1 Å². The molecule has 0 bridgehead atoms. The van der Waals surface area contributed by atoms with Gasteiger partial charge in [-0.1, -0.05) is 73.1 Å². The summed E-state index contributed by atoms with van der Waals surface area (Å²) in [6.07, 6.45) is 8.72. The highest BCUT2D eigenvalue weighted by Crippen LogP contribution is 2.65. The number of Topliss-reactive ketones (excluding diaryl/α,β-unsaturated/α-hetero) is 1. The standard InChI is InChI=1S/C31H47N5O4S/c1-30(2,3)21-16-41-29(34-21)35-23(18-12-7-6-8-13-18)28(40)36-15-19-22(31(19,4)5)24(36)27(39)33-20(25(37)26(32)38)14-17-10-9-11-17/h16-20,22-24H,6-15H2,1-5H3,(H2,32,38)(H,33,39)(H,34,35)/t19-,20?,22?,23+,24+/m1/s1. The molecule has 5 rings (SSSR count). The fourth-order valence-corrected chi connectivity index (χ4v) is 8.36. The third-order valence-corrected chi connectivity index (χ3v) is 11.1. The number of primary amides is 1. The number of nitrogens with one attached hydrogen (secondary N) is 2. The first-order valence-electron chi connectivity index (χ1n) is 15.5. The Morgan fingerprint density at radius 2 is 1.78 bits per heavy atom. The number of hydrogen-bond donors (Lipinski definition) is 3. The number of nitrogens with zero attached hydrogens (tertiary/aromatic N) is 2. The smallest absolute Gasteiger partial charge is 0.287 e. The van der Waals surface area contributed by atoms with Gasteiger partial charge in [0, 0.05) is 17.3 Å². The molecular weight excluding hydrogens is 538 g/mol. The van der Waals surface area contributed by atoms with Gasteiger partial charge in [-0.2, -0.15) is 0 Å². The molecule has 4 N–H and O–H groups in total. The predicted molar refractivity (Wildman–Crippen MR) is 159 cm³/mol. The molecule has 3 aliphatic carbocycles. The highest BCUT2D eigenvalue weighted by atomic mass is 32.1. The van der Waals surface area contributed by atoms with Crippen molar-refractivity contribution in [2.24, 2.45) is 34.8 Å². The lowest BCUT2D eigenvalue weighted by molar-refractivity contribution is -0.144. The van der Waals surface area contributed by atoms with Crippen molar-refractivity contribution in [2.75, 3.05) is 11.9 Å². The lowest BCUT2D eigenvalue weighted by Gasteiger charge is -2.37. The summed E-state index contributed by atoms with van der Waals surface area (Å²) >= 11 is 1.52. The molecule has 0 aromatic carbocycles. The van der Waals surface area contributed by atoms with Crippen molar-refractivity contribution in [1.82, 2.24) is 15.2 Å². The molecular formula is C31H47N5O4S. The monoisotopic (exact) mass is 585 g/mol. The van der Waals surface area contributed by atoms with Crippen LogP contribution in [0, 0.1) is 29.1 Å². The van der Waals surface area contributed by atoms with Crippen molar-refractivity contribution in [2.45, 2.75) is 116 Å². The highest BCUT2D eigenvalue weighted by Gasteiger charge is 2.69. The number of nitrogens with two attached hydrogens (primary N) is 1. The minimum Gasteiger partial charge on any atom is -0.363 e. The van der Waals surface area contributed by atoms with Gasteiger partial charge in [-0.3, -0.25) is 19.2 Å². The molecule has 41 heavy (non-hydrogen) atoms. The molecule has 9 nitrogen and oxygen atoms in total. The van der Waals surface area contributed by atoms with Gasteiger partial charge in [0.2, 0.25) is 17.6 Å². The molecule has 1 aromatic heterocycles. The first kappa shape index (κ1) is 30.0. The van der Waals surface area contributed by atoms with Crippen molar-refractivity contribution in [3.05, 3.63) is 11.1 Å². The Balaban J connectivity index is 1.39. The van der Waals surface area contributed by atoms with Crippen LogP contribution >= 0.6 is 11.3 Å². The number of rotatable bonds is 10. The molecule has 2 heterocycles. The second-order valence-corrected chi connectivity index (χ2v) is 15.4. The van der Waals surface area contributed by atoms with E-state index in [1.54, 1.807) is 4.90 Å². The van der Waals surface area contributed by atoms with Gasteiger partial charge in [0.25, 0.3) is 5.91 Å². The third kappa shape index (κ3) is 6.04. The normalized spacial score (nSPS) is 27.3. The van der Waals surface area contributed by atoms with E-state index in [0.717, 1.165) is 55.8 Å². The van der Waals surface area contributed by atoms with Crippen molar-refractivity contribution in [1.29, 1.82) is 0 Å². The van der Waals surface area contributed by atoms with Crippen LogP contribution < -0.4 is 16.4 Å². The number of hydrogen-bond acceptors (Lipinski definition) is 7. The molecule has 10 heteroatoms. The van der Waals surface area contributed by atoms with E-state index in [1.165, 1.54) is 17.8 Å². The lowest BCUT2D eigenvalue weighted by Crippen LogP contribution is -2.58. The van der Waals surface area contributed by atoms with Crippen LogP contribution in [0.1, 0.15) is 98.1 Å². The van der Waals surface area contributed by atoms with Crippen molar-refractivity contribution in [3.8, 4) is 0 Å². The van der Waals surface area contributed by atoms with Crippen LogP contribution in [0.3, 0.4) is 0 Å². The molecule has 1 saturated heterocycles. The Morgan fingerprint density at radius 1 is 1.10 bits per heavy atom. The fraction of sp³-hybridized carbons (Fsp3) is 0.774. The first-order valence-corrected chi connectivity index (χ1v) is 16.3. The van der Waals surface area contributed by atoms with Crippen LogP contribution in [0.4, 0.5) is 5.13 Å². The van der Waals surface area contributed by atoms with Crippen LogP contribution in [-0.4, -0.2) is 58.1 Å². The topological polar surface area (TPSA) is 134 Å². The zero-order valence-corrected chi connectivity index (χ0v) is 26.0. The average molecular weight is 586 g/mol. The van der Waals surface area contributed by atoms with Gasteiger partial charge in [-0.15, -0.1) is 11.3 Å². The number of ketones is 1. The summed E-state index contributed by atoms with van der Waals surface area (Å²) in [5.74, 6) is -1.50. The second-order valence-electron chi connectivity index (χ2n) is 14.5. The van der Waals surface area contributed by atoms with Gasteiger partial charge in [0.15, 0.2) is 5.13 Å². The van der Waals surface area contributed by atoms with Crippen LogP contribution in [0.25, 0.3) is 0 Å². The summed E-state index contributed by atoms with van der Waals surface area (Å²) in [6, 6.07) is -2.09. The Bertz CT molecular complexity index is 1180. The Morgan fingerprint density at radius 3 is 2.34 bits per heavy atom. The summed E-state index contributed by atoms with van der Waals surface area (Å²) < 4.78 is 0. The second kappa shape index (κ2) is 11.3. The quantitative estimate of drug-likeness (QED) is 0.355. The molecule has 0 radical (unpaired) electrons. The maximum absolute atomic E-state index is 14.4. The van der Waals surface area contributed by atoms with Gasteiger partial charge in [0.05, 0.1) is 11.7 Å². The number of carbonyl (C=O) groups is 4. The predicted octanol–water partition coefficient (Wildman–Crippen LogP) is 4.01. The SMILES string of the molecule is CC(C)(C)c1csc(N[C@H](C(=O)N2C[C@@H]3C([C@H]2C(=O)NC(CC2CCC2)C(=O)C(N)=O)C3(C)C)C2CCCCC2)n1. The summed E-state index contributed by atoms with van der Waals surface area (Å²) in [6.45, 7) is 11.2.